The Hall–Kier alpha value is -3.63. The van der Waals surface area contributed by atoms with E-state index in [1.54, 1.807) is 12.1 Å². The van der Waals surface area contributed by atoms with E-state index in [0.717, 1.165) is 60.1 Å². The Balaban J connectivity index is 1.56. The summed E-state index contributed by atoms with van der Waals surface area (Å²) < 4.78 is 11.3. The number of amides is 1. The highest BCUT2D eigenvalue weighted by Gasteiger charge is 2.28. The number of fused-ring (bicyclic) bond motifs is 1. The molecular weight excluding hydrogens is 460 g/mol. The number of furan rings is 1. The smallest absolute Gasteiger partial charge is 0.341 e. The van der Waals surface area contributed by atoms with Gasteiger partial charge in [0, 0.05) is 16.5 Å². The molecule has 1 amide bonds. The third-order valence-corrected chi connectivity index (χ3v) is 7.16. The average molecular weight is 489 g/mol. The zero-order valence-electron chi connectivity index (χ0n) is 20.0. The predicted molar refractivity (Wildman–Crippen MR) is 137 cm³/mol. The minimum absolute atomic E-state index is 0.105. The van der Waals surface area contributed by atoms with Crippen molar-refractivity contribution in [3.63, 3.8) is 0 Å². The van der Waals surface area contributed by atoms with Gasteiger partial charge in [0.2, 0.25) is 0 Å². The van der Waals surface area contributed by atoms with Gasteiger partial charge in [0.25, 0.3) is 5.91 Å². The maximum atomic E-state index is 13.0. The van der Waals surface area contributed by atoms with E-state index in [4.69, 9.17) is 9.15 Å². The van der Waals surface area contributed by atoms with E-state index in [1.807, 2.05) is 44.2 Å². The van der Waals surface area contributed by atoms with E-state index in [9.17, 15) is 14.9 Å². The number of thiophene rings is 1. The number of hydrogen-bond donors (Lipinski definition) is 1. The molecule has 4 rings (SSSR count). The fourth-order valence-electron chi connectivity index (χ4n) is 4.02. The molecule has 0 fully saturated rings. The summed E-state index contributed by atoms with van der Waals surface area (Å²) in [5.41, 5.74) is 3.35. The van der Waals surface area contributed by atoms with Gasteiger partial charge in [-0.25, -0.2) is 4.79 Å². The molecule has 7 heteroatoms. The summed E-state index contributed by atoms with van der Waals surface area (Å²) in [7, 11) is 0. The van der Waals surface area contributed by atoms with Crippen molar-refractivity contribution in [2.45, 2.75) is 52.4 Å². The first-order valence-corrected chi connectivity index (χ1v) is 12.7. The van der Waals surface area contributed by atoms with Crippen molar-refractivity contribution in [2.75, 3.05) is 11.9 Å². The third-order valence-electron chi connectivity index (χ3n) is 5.95. The largest absolute Gasteiger partial charge is 0.462 e. The van der Waals surface area contributed by atoms with Gasteiger partial charge >= 0.3 is 5.97 Å². The van der Waals surface area contributed by atoms with Crippen LogP contribution in [-0.2, 0) is 22.4 Å². The van der Waals surface area contributed by atoms with E-state index in [2.05, 4.69) is 5.32 Å². The molecule has 0 spiro atoms. The molecule has 0 aliphatic heterocycles. The molecule has 1 N–H and O–H groups in total. The normalized spacial score (nSPS) is 13.1. The van der Waals surface area contributed by atoms with E-state index in [0.29, 0.717) is 28.7 Å². The second kappa shape index (κ2) is 11.2. The SMILES string of the molecule is CCCCOC(=O)c1c(NC(=O)C(C#N)=Cc2ccc(-c3ccc(C)cc3)o2)sc2c1CCCC2. The van der Waals surface area contributed by atoms with Gasteiger partial charge in [0.15, 0.2) is 0 Å². The zero-order chi connectivity index (χ0) is 24.8. The van der Waals surface area contributed by atoms with Crippen molar-refractivity contribution >= 4 is 34.3 Å². The van der Waals surface area contributed by atoms with Gasteiger partial charge in [-0.05, 0) is 56.7 Å². The number of nitrogens with zero attached hydrogens (tertiary/aromatic N) is 1. The van der Waals surface area contributed by atoms with Crippen molar-refractivity contribution in [3.05, 3.63) is 69.3 Å². The Labute approximate surface area is 209 Å². The van der Waals surface area contributed by atoms with Gasteiger partial charge in [-0.2, -0.15) is 5.26 Å². The molecular formula is C28H28N2O4S. The number of esters is 1. The minimum Gasteiger partial charge on any atom is -0.462 e. The summed E-state index contributed by atoms with van der Waals surface area (Å²) in [6, 6.07) is 13.4. The van der Waals surface area contributed by atoms with Crippen molar-refractivity contribution in [2.24, 2.45) is 0 Å². The van der Waals surface area contributed by atoms with Crippen molar-refractivity contribution < 1.29 is 18.7 Å². The number of nitriles is 1. The lowest BCUT2D eigenvalue weighted by Crippen LogP contribution is -2.17. The second-order valence-electron chi connectivity index (χ2n) is 8.60. The van der Waals surface area contributed by atoms with Crippen LogP contribution in [0.4, 0.5) is 5.00 Å². The molecule has 35 heavy (non-hydrogen) atoms. The van der Waals surface area contributed by atoms with Crippen molar-refractivity contribution in [3.8, 4) is 17.4 Å². The summed E-state index contributed by atoms with van der Waals surface area (Å²) in [5.74, 6) is 0.0559. The Morgan fingerprint density at radius 2 is 1.94 bits per heavy atom. The average Bonchev–Trinajstić information content (AvgIpc) is 3.47. The number of ether oxygens (including phenoxy) is 1. The molecule has 0 atom stereocenters. The third kappa shape index (κ3) is 5.72. The maximum absolute atomic E-state index is 13.0. The Morgan fingerprint density at radius 1 is 1.17 bits per heavy atom. The van der Waals surface area contributed by atoms with Gasteiger partial charge < -0.3 is 14.5 Å². The minimum atomic E-state index is -0.581. The highest BCUT2D eigenvalue weighted by atomic mass is 32.1. The van der Waals surface area contributed by atoms with E-state index < -0.39 is 11.9 Å². The predicted octanol–water partition coefficient (Wildman–Crippen LogP) is 6.70. The molecule has 0 saturated carbocycles. The fraction of sp³-hybridized carbons (Fsp3) is 0.321. The standard InChI is InChI=1S/C28H28N2O4S/c1-3-4-15-33-28(32)25-22-7-5-6-8-24(22)35-27(25)30-26(31)20(17-29)16-21-13-14-23(34-21)19-11-9-18(2)10-12-19/h9-14,16H,3-8,15H2,1-2H3,(H,30,31). The Bertz CT molecular complexity index is 1290. The monoisotopic (exact) mass is 488 g/mol. The molecule has 0 unspecified atom stereocenters. The molecule has 1 aliphatic carbocycles. The molecule has 0 saturated heterocycles. The number of rotatable bonds is 8. The summed E-state index contributed by atoms with van der Waals surface area (Å²) in [6.45, 7) is 4.39. The summed E-state index contributed by atoms with van der Waals surface area (Å²) in [6.07, 6.45) is 6.84. The van der Waals surface area contributed by atoms with Crippen LogP contribution in [0, 0.1) is 18.3 Å². The van der Waals surface area contributed by atoms with Gasteiger partial charge in [0.1, 0.15) is 28.2 Å². The molecule has 2 heterocycles. The highest BCUT2D eigenvalue weighted by Crippen LogP contribution is 2.39. The first-order valence-electron chi connectivity index (χ1n) is 11.9. The van der Waals surface area contributed by atoms with Crippen LogP contribution in [0.25, 0.3) is 17.4 Å². The Kier molecular flexibility index (Phi) is 7.84. The topological polar surface area (TPSA) is 92.3 Å². The number of anilines is 1. The van der Waals surface area contributed by atoms with Crippen LogP contribution in [0.3, 0.4) is 0 Å². The first kappa shape index (κ1) is 24.5. The number of aryl methyl sites for hydroxylation is 2. The fourth-order valence-corrected chi connectivity index (χ4v) is 5.29. The summed E-state index contributed by atoms with van der Waals surface area (Å²) in [5, 5.41) is 12.9. The van der Waals surface area contributed by atoms with Crippen LogP contribution >= 0.6 is 11.3 Å². The van der Waals surface area contributed by atoms with Crippen LogP contribution < -0.4 is 5.32 Å². The van der Waals surface area contributed by atoms with Crippen LogP contribution in [0.1, 0.15) is 64.7 Å². The number of benzene rings is 1. The van der Waals surface area contributed by atoms with Gasteiger partial charge in [-0.1, -0.05) is 43.2 Å². The summed E-state index contributed by atoms with van der Waals surface area (Å²) >= 11 is 1.40. The number of unbranched alkanes of at least 4 members (excludes halogenated alkanes) is 1. The van der Waals surface area contributed by atoms with Crippen LogP contribution in [0.5, 0.6) is 0 Å². The summed E-state index contributed by atoms with van der Waals surface area (Å²) in [4.78, 5) is 27.0. The number of nitrogens with one attached hydrogen (secondary N) is 1. The zero-order valence-corrected chi connectivity index (χ0v) is 20.8. The molecule has 180 valence electrons. The second-order valence-corrected chi connectivity index (χ2v) is 9.70. The van der Waals surface area contributed by atoms with Crippen molar-refractivity contribution in [1.82, 2.24) is 0 Å². The molecule has 0 radical (unpaired) electrons. The highest BCUT2D eigenvalue weighted by molar-refractivity contribution is 7.17. The van der Waals surface area contributed by atoms with E-state index >= 15 is 0 Å². The maximum Gasteiger partial charge on any atom is 0.341 e. The van der Waals surface area contributed by atoms with Gasteiger partial charge in [-0.3, -0.25) is 4.79 Å². The molecule has 2 aromatic heterocycles. The van der Waals surface area contributed by atoms with E-state index in [1.165, 1.54) is 17.4 Å². The molecule has 1 aromatic carbocycles. The molecule has 3 aromatic rings. The molecule has 1 aliphatic rings. The lowest BCUT2D eigenvalue weighted by Gasteiger charge is -2.12. The van der Waals surface area contributed by atoms with Crippen LogP contribution in [0.15, 0.2) is 46.4 Å². The van der Waals surface area contributed by atoms with Crippen molar-refractivity contribution in [1.29, 1.82) is 5.26 Å². The Morgan fingerprint density at radius 3 is 2.69 bits per heavy atom. The van der Waals surface area contributed by atoms with Crippen LogP contribution in [0.2, 0.25) is 0 Å². The lowest BCUT2D eigenvalue weighted by molar-refractivity contribution is -0.112. The quantitative estimate of drug-likeness (QED) is 0.165. The number of carbonyl (C=O) groups excluding carboxylic acids is 2. The van der Waals surface area contributed by atoms with Crippen LogP contribution in [-0.4, -0.2) is 18.5 Å². The number of carbonyl (C=O) groups is 2. The van der Waals surface area contributed by atoms with Gasteiger partial charge in [-0.15, -0.1) is 11.3 Å². The van der Waals surface area contributed by atoms with Gasteiger partial charge in [0.05, 0.1) is 12.2 Å². The first-order chi connectivity index (χ1) is 17.0. The lowest BCUT2D eigenvalue weighted by atomic mass is 9.95. The number of hydrogen-bond acceptors (Lipinski definition) is 6. The van der Waals surface area contributed by atoms with E-state index in [-0.39, 0.29) is 5.57 Å². The molecule has 0 bridgehead atoms. The molecule has 6 nitrogen and oxygen atoms in total.